The quantitative estimate of drug-likeness (QED) is 0.351. The molecular formula is C16H20BrN2O4+. The molecule has 124 valence electrons. The van der Waals surface area contributed by atoms with Crippen molar-refractivity contribution in [3.8, 4) is 0 Å². The molecule has 0 bridgehead atoms. The molecule has 0 amide bonds. The molecular weight excluding hydrogens is 364 g/mol. The van der Waals surface area contributed by atoms with Crippen molar-refractivity contribution in [1.82, 2.24) is 0 Å². The van der Waals surface area contributed by atoms with Crippen molar-refractivity contribution in [2.45, 2.75) is 27.3 Å². The summed E-state index contributed by atoms with van der Waals surface area (Å²) in [7, 11) is 0. The molecule has 2 aromatic rings. The number of hydrogen-bond donors (Lipinski definition) is 0. The lowest BCUT2D eigenvalue weighted by Crippen LogP contribution is -2.37. The lowest BCUT2D eigenvalue weighted by molar-refractivity contribution is -0.683. The molecule has 0 fully saturated rings. The van der Waals surface area contributed by atoms with Crippen LogP contribution in [0.25, 0.3) is 0 Å². The summed E-state index contributed by atoms with van der Waals surface area (Å²) in [4.78, 5) is 23.3. The Morgan fingerprint density at radius 2 is 1.70 bits per heavy atom. The van der Waals surface area contributed by atoms with Gasteiger partial charge in [0.15, 0.2) is 12.4 Å². The first kappa shape index (κ1) is 20.9. The van der Waals surface area contributed by atoms with Gasteiger partial charge < -0.3 is 5.48 Å². The van der Waals surface area contributed by atoms with Gasteiger partial charge in [-0.2, -0.15) is 4.57 Å². The van der Waals surface area contributed by atoms with Crippen LogP contribution in [0.15, 0.2) is 36.7 Å². The number of nitro benzene ring substituents is 1. The van der Waals surface area contributed by atoms with Crippen LogP contribution in [0.4, 0.5) is 5.69 Å². The van der Waals surface area contributed by atoms with Crippen LogP contribution in [0, 0.1) is 30.9 Å². The highest BCUT2D eigenvalue weighted by Gasteiger charge is 2.25. The second kappa shape index (κ2) is 8.50. The molecule has 23 heavy (non-hydrogen) atoms. The van der Waals surface area contributed by atoms with Gasteiger partial charge in [-0.05, 0) is 32.4 Å². The Morgan fingerprint density at radius 3 is 2.22 bits per heavy atom. The van der Waals surface area contributed by atoms with Crippen molar-refractivity contribution < 1.29 is 19.8 Å². The largest absolute Gasteiger partial charge is 0.412 e. The van der Waals surface area contributed by atoms with Crippen LogP contribution in [0.1, 0.15) is 27.0 Å². The van der Waals surface area contributed by atoms with Crippen LogP contribution in [0.5, 0.6) is 0 Å². The van der Waals surface area contributed by atoms with Gasteiger partial charge in [0.25, 0.3) is 5.69 Å². The van der Waals surface area contributed by atoms with Crippen LogP contribution in [0.2, 0.25) is 0 Å². The Hall–Kier alpha value is -2.12. The summed E-state index contributed by atoms with van der Waals surface area (Å²) in [6.45, 7) is 5.31. The average Bonchev–Trinajstić information content (AvgIpc) is 2.38. The van der Waals surface area contributed by atoms with E-state index in [0.717, 1.165) is 5.56 Å². The zero-order valence-corrected chi connectivity index (χ0v) is 14.9. The Morgan fingerprint density at radius 1 is 1.13 bits per heavy atom. The Labute approximate surface area is 145 Å². The second-order valence-corrected chi connectivity index (χ2v) is 5.09. The smallest absolute Gasteiger partial charge is 0.275 e. The van der Waals surface area contributed by atoms with E-state index in [1.54, 1.807) is 36.9 Å². The number of carbonyl (C=O) groups is 1. The van der Waals surface area contributed by atoms with Crippen LogP contribution in [0.3, 0.4) is 0 Å². The normalized spacial score (nSPS) is 9.52. The molecule has 1 aromatic carbocycles. The fraction of sp³-hybridized carbons (Fsp3) is 0.250. The molecule has 0 saturated carbocycles. The van der Waals surface area contributed by atoms with E-state index in [9.17, 15) is 14.9 Å². The first-order valence-corrected chi connectivity index (χ1v) is 6.64. The number of Topliss-reactive ketones (excluding diaryl/α,β-unsaturated/α-hetero) is 1. The standard InChI is InChI=1S/C16H17N2O3.BrH.H2O/c1-11-9-12(2)16(18(20)21)13(3)15(11)14(19)10-17-7-5-4-6-8-17;;/h4-9H,10H2,1-3H3;1H;1H2/q+1;;. The van der Waals surface area contributed by atoms with Crippen molar-refractivity contribution in [3.05, 3.63) is 69.0 Å². The maximum atomic E-state index is 12.5. The molecule has 6 nitrogen and oxygen atoms in total. The second-order valence-electron chi connectivity index (χ2n) is 5.09. The van der Waals surface area contributed by atoms with Gasteiger partial charge in [0.2, 0.25) is 12.3 Å². The van der Waals surface area contributed by atoms with E-state index in [2.05, 4.69) is 0 Å². The number of nitro groups is 1. The predicted molar refractivity (Wildman–Crippen MR) is 92.2 cm³/mol. The summed E-state index contributed by atoms with van der Waals surface area (Å²) in [5.74, 6) is -0.121. The molecule has 0 aliphatic carbocycles. The third kappa shape index (κ3) is 4.43. The maximum absolute atomic E-state index is 12.5. The predicted octanol–water partition coefficient (Wildman–Crippen LogP) is 2.44. The number of rotatable bonds is 4. The van der Waals surface area contributed by atoms with E-state index in [-0.39, 0.29) is 40.5 Å². The minimum atomic E-state index is -0.420. The highest BCUT2D eigenvalue weighted by molar-refractivity contribution is 8.93. The lowest BCUT2D eigenvalue weighted by atomic mass is 9.94. The number of nitrogens with zero attached hydrogens (tertiary/aromatic N) is 2. The number of aryl methyl sites for hydroxylation is 2. The van der Waals surface area contributed by atoms with E-state index in [1.165, 1.54) is 0 Å². The first-order valence-electron chi connectivity index (χ1n) is 6.64. The minimum Gasteiger partial charge on any atom is -0.412 e. The van der Waals surface area contributed by atoms with Gasteiger partial charge in [-0.3, -0.25) is 14.9 Å². The highest BCUT2D eigenvalue weighted by Crippen LogP contribution is 2.29. The summed E-state index contributed by atoms with van der Waals surface area (Å²) >= 11 is 0. The maximum Gasteiger partial charge on any atom is 0.275 e. The van der Waals surface area contributed by atoms with Crippen LogP contribution in [-0.4, -0.2) is 16.2 Å². The topological polar surface area (TPSA) is 95.6 Å². The number of carbonyl (C=O) groups excluding carboxylic acids is 1. The summed E-state index contributed by atoms with van der Waals surface area (Å²) in [6.07, 6.45) is 3.59. The summed E-state index contributed by atoms with van der Waals surface area (Å²) in [5, 5.41) is 11.2. The zero-order chi connectivity index (χ0) is 15.6. The van der Waals surface area contributed by atoms with Gasteiger partial charge in [-0.15, -0.1) is 17.0 Å². The lowest BCUT2D eigenvalue weighted by Gasteiger charge is -2.10. The zero-order valence-electron chi connectivity index (χ0n) is 13.2. The molecule has 0 aliphatic heterocycles. The van der Waals surface area contributed by atoms with Crippen molar-refractivity contribution in [2.24, 2.45) is 0 Å². The van der Waals surface area contributed by atoms with E-state index in [0.29, 0.717) is 16.7 Å². The molecule has 0 radical (unpaired) electrons. The van der Waals surface area contributed by atoms with Gasteiger partial charge in [0.05, 0.1) is 4.92 Å². The highest BCUT2D eigenvalue weighted by atomic mass is 79.9. The Kier molecular flexibility index (Phi) is 7.71. The summed E-state index contributed by atoms with van der Waals surface area (Å²) in [6, 6.07) is 7.25. The van der Waals surface area contributed by atoms with Gasteiger partial charge in [0.1, 0.15) is 0 Å². The molecule has 0 atom stereocenters. The van der Waals surface area contributed by atoms with Gasteiger partial charge in [0, 0.05) is 28.8 Å². The molecule has 7 heteroatoms. The minimum absolute atomic E-state index is 0. The van der Waals surface area contributed by atoms with Gasteiger partial charge >= 0.3 is 0 Å². The summed E-state index contributed by atoms with van der Waals surface area (Å²) < 4.78 is 1.76. The molecule has 2 N–H and O–H groups in total. The van der Waals surface area contributed by atoms with Crippen LogP contribution < -0.4 is 4.57 Å². The SMILES string of the molecule is Br.Cc1cc(C)c([N+](=O)[O-])c(C)c1C(=O)C[n+]1ccccc1.O. The monoisotopic (exact) mass is 383 g/mol. The van der Waals surface area contributed by atoms with Crippen molar-refractivity contribution >= 4 is 28.5 Å². The molecule has 0 unspecified atom stereocenters. The van der Waals surface area contributed by atoms with Crippen molar-refractivity contribution in [3.63, 3.8) is 0 Å². The van der Waals surface area contributed by atoms with Crippen LogP contribution in [-0.2, 0) is 6.54 Å². The number of aromatic nitrogens is 1. The van der Waals surface area contributed by atoms with Gasteiger partial charge in [-0.25, -0.2) is 0 Å². The first-order chi connectivity index (χ1) is 9.91. The van der Waals surface area contributed by atoms with E-state index in [1.807, 2.05) is 25.1 Å². The fourth-order valence-electron chi connectivity index (χ4n) is 2.67. The molecule has 1 aromatic heterocycles. The van der Waals surface area contributed by atoms with Crippen molar-refractivity contribution in [1.29, 1.82) is 0 Å². The molecule has 1 heterocycles. The summed E-state index contributed by atoms with van der Waals surface area (Å²) in [5.41, 5.74) is 2.28. The third-order valence-corrected chi connectivity index (χ3v) is 3.50. The molecule has 0 spiro atoms. The number of halogens is 1. The van der Waals surface area contributed by atoms with Crippen molar-refractivity contribution in [2.75, 3.05) is 0 Å². The third-order valence-electron chi connectivity index (χ3n) is 3.50. The number of ketones is 1. The molecule has 2 rings (SSSR count). The Balaban J connectivity index is 0.00000242. The molecule has 0 saturated heterocycles. The van der Waals surface area contributed by atoms with Gasteiger partial charge in [-0.1, -0.05) is 6.07 Å². The van der Waals surface area contributed by atoms with E-state index < -0.39 is 4.92 Å². The number of pyridine rings is 1. The Bertz CT molecular complexity index is 718. The number of benzene rings is 1. The molecule has 0 aliphatic rings. The number of hydrogen-bond acceptors (Lipinski definition) is 3. The fourth-order valence-corrected chi connectivity index (χ4v) is 2.67. The average molecular weight is 384 g/mol. The van der Waals surface area contributed by atoms with E-state index >= 15 is 0 Å². The van der Waals surface area contributed by atoms with Crippen LogP contribution >= 0.6 is 17.0 Å². The van der Waals surface area contributed by atoms with E-state index in [4.69, 9.17) is 0 Å².